The molecule has 0 spiro atoms. The van der Waals surface area contributed by atoms with Gasteiger partial charge >= 0.3 is 0 Å². The minimum absolute atomic E-state index is 0.0222. The third-order valence-electron chi connectivity index (χ3n) is 4.50. The molecular weight excluding hydrogens is 339 g/mol. The Balaban J connectivity index is 1.36. The summed E-state index contributed by atoms with van der Waals surface area (Å²) in [6.07, 6.45) is 1.75. The molecule has 130 valence electrons. The molecule has 0 N–H and O–H groups in total. The van der Waals surface area contributed by atoms with Crippen molar-refractivity contribution in [1.29, 1.82) is 0 Å². The molecule has 25 heavy (non-hydrogen) atoms. The highest BCUT2D eigenvalue weighted by Gasteiger charge is 2.18. The highest BCUT2D eigenvalue weighted by Crippen LogP contribution is 2.12. The molecule has 1 aliphatic rings. The van der Waals surface area contributed by atoms with Crippen LogP contribution in [-0.2, 0) is 13.1 Å². The molecule has 1 aliphatic heterocycles. The second-order valence-corrected chi connectivity index (χ2v) is 7.20. The first-order valence-corrected chi connectivity index (χ1v) is 9.20. The number of aromatic nitrogens is 2. The van der Waals surface area contributed by atoms with Gasteiger partial charge in [0.1, 0.15) is 5.82 Å². The smallest absolute Gasteiger partial charge is 0.258 e. The third-order valence-corrected chi connectivity index (χ3v) is 5.26. The molecule has 2 aromatic heterocycles. The Morgan fingerprint density at radius 3 is 2.60 bits per heavy atom. The van der Waals surface area contributed by atoms with Crippen LogP contribution in [0.3, 0.4) is 0 Å². The summed E-state index contributed by atoms with van der Waals surface area (Å²) >= 11 is 1.47. The number of rotatable bonds is 4. The summed E-state index contributed by atoms with van der Waals surface area (Å²) in [5.41, 5.74) is 1.81. The van der Waals surface area contributed by atoms with Crippen molar-refractivity contribution in [2.45, 2.75) is 13.1 Å². The van der Waals surface area contributed by atoms with E-state index in [4.69, 9.17) is 0 Å². The molecule has 3 aromatic rings. The Labute approximate surface area is 149 Å². The van der Waals surface area contributed by atoms with Crippen molar-refractivity contribution < 1.29 is 4.39 Å². The molecule has 1 fully saturated rings. The van der Waals surface area contributed by atoms with Gasteiger partial charge < -0.3 is 0 Å². The van der Waals surface area contributed by atoms with E-state index in [9.17, 15) is 9.18 Å². The van der Waals surface area contributed by atoms with E-state index < -0.39 is 0 Å². The van der Waals surface area contributed by atoms with Crippen LogP contribution in [0.25, 0.3) is 4.96 Å². The molecule has 1 saturated heterocycles. The van der Waals surface area contributed by atoms with E-state index >= 15 is 0 Å². The van der Waals surface area contributed by atoms with Gasteiger partial charge in [-0.1, -0.05) is 12.1 Å². The summed E-state index contributed by atoms with van der Waals surface area (Å²) in [6, 6.07) is 8.41. The van der Waals surface area contributed by atoms with Crippen molar-refractivity contribution >= 4 is 16.3 Å². The maximum absolute atomic E-state index is 13.3. The summed E-state index contributed by atoms with van der Waals surface area (Å²) in [4.78, 5) is 22.0. The van der Waals surface area contributed by atoms with Crippen LogP contribution in [0, 0.1) is 5.82 Å². The van der Waals surface area contributed by atoms with Crippen LogP contribution in [0.2, 0.25) is 0 Å². The topological polar surface area (TPSA) is 40.9 Å². The van der Waals surface area contributed by atoms with Gasteiger partial charge in [0, 0.05) is 56.9 Å². The average molecular weight is 358 g/mol. The normalized spacial score (nSPS) is 16.5. The van der Waals surface area contributed by atoms with Crippen LogP contribution >= 0.6 is 11.3 Å². The fourth-order valence-electron chi connectivity index (χ4n) is 3.20. The largest absolute Gasteiger partial charge is 0.297 e. The number of nitrogens with zero attached hydrogens (tertiary/aromatic N) is 4. The lowest BCUT2D eigenvalue weighted by Crippen LogP contribution is -2.45. The van der Waals surface area contributed by atoms with Crippen molar-refractivity contribution in [2.75, 3.05) is 26.2 Å². The fourth-order valence-corrected chi connectivity index (χ4v) is 3.94. The zero-order valence-electron chi connectivity index (χ0n) is 13.8. The average Bonchev–Trinajstić information content (AvgIpc) is 3.06. The van der Waals surface area contributed by atoms with Crippen LogP contribution in [0.1, 0.15) is 11.3 Å². The van der Waals surface area contributed by atoms with Crippen molar-refractivity contribution in [1.82, 2.24) is 19.2 Å². The minimum atomic E-state index is -0.183. The van der Waals surface area contributed by atoms with Gasteiger partial charge in [-0.2, -0.15) is 0 Å². The summed E-state index contributed by atoms with van der Waals surface area (Å²) in [7, 11) is 0. The minimum Gasteiger partial charge on any atom is -0.297 e. The fraction of sp³-hybridized carbons (Fsp3) is 0.333. The molecule has 0 saturated carbocycles. The lowest BCUT2D eigenvalue weighted by molar-refractivity contribution is 0.121. The van der Waals surface area contributed by atoms with Crippen LogP contribution in [0.5, 0.6) is 0 Å². The molecular formula is C18H19FN4OS. The molecule has 1 aromatic carbocycles. The number of thiazole rings is 1. The highest BCUT2D eigenvalue weighted by molar-refractivity contribution is 7.15. The van der Waals surface area contributed by atoms with Gasteiger partial charge in [-0.25, -0.2) is 9.37 Å². The van der Waals surface area contributed by atoms with Crippen LogP contribution in [0.15, 0.2) is 46.7 Å². The second-order valence-electron chi connectivity index (χ2n) is 6.32. The first-order valence-electron chi connectivity index (χ1n) is 8.32. The van der Waals surface area contributed by atoms with E-state index in [1.54, 1.807) is 28.8 Å². The number of hydrogen-bond donors (Lipinski definition) is 0. The predicted octanol–water partition coefficient (Wildman–Crippen LogP) is 2.21. The Bertz CT molecular complexity index is 930. The van der Waals surface area contributed by atoms with Crippen molar-refractivity contribution in [3.63, 3.8) is 0 Å². The zero-order valence-corrected chi connectivity index (χ0v) is 14.6. The van der Waals surface area contributed by atoms with Gasteiger partial charge in [-0.15, -0.1) is 11.3 Å². The van der Waals surface area contributed by atoms with E-state index in [0.29, 0.717) is 6.54 Å². The Morgan fingerprint density at radius 2 is 1.84 bits per heavy atom. The molecule has 7 heteroatoms. The van der Waals surface area contributed by atoms with Gasteiger partial charge in [0.25, 0.3) is 5.56 Å². The van der Waals surface area contributed by atoms with Crippen LogP contribution in [0.4, 0.5) is 4.39 Å². The lowest BCUT2D eigenvalue weighted by Gasteiger charge is -2.34. The van der Waals surface area contributed by atoms with E-state index in [2.05, 4.69) is 14.8 Å². The second kappa shape index (κ2) is 7.03. The van der Waals surface area contributed by atoms with Gasteiger partial charge in [-0.3, -0.25) is 19.0 Å². The molecule has 4 rings (SSSR count). The SMILES string of the molecule is O=c1cc(CN2CCN(Cc3cccc(F)c3)CC2)nc2sccn12. The van der Waals surface area contributed by atoms with Gasteiger partial charge in [0.05, 0.1) is 5.69 Å². The third kappa shape index (κ3) is 3.78. The summed E-state index contributed by atoms with van der Waals surface area (Å²) in [5, 5.41) is 1.87. The Kier molecular flexibility index (Phi) is 4.61. The van der Waals surface area contributed by atoms with Crippen molar-refractivity contribution in [2.24, 2.45) is 0 Å². The van der Waals surface area contributed by atoms with Crippen LogP contribution in [-0.4, -0.2) is 45.4 Å². The van der Waals surface area contributed by atoms with Crippen molar-refractivity contribution in [3.05, 3.63) is 69.3 Å². The molecule has 0 radical (unpaired) electrons. The number of halogens is 1. The standard InChI is InChI=1S/C18H19FN4OS/c19-15-3-1-2-14(10-15)12-21-4-6-22(7-5-21)13-16-11-17(24)23-8-9-25-18(23)20-16/h1-3,8-11H,4-7,12-13H2. The van der Waals surface area contributed by atoms with E-state index in [-0.39, 0.29) is 11.4 Å². The van der Waals surface area contributed by atoms with E-state index in [1.807, 2.05) is 11.4 Å². The first-order chi connectivity index (χ1) is 12.2. The van der Waals surface area contributed by atoms with Gasteiger partial charge in [0.15, 0.2) is 4.96 Å². The molecule has 0 unspecified atom stereocenters. The number of piperazine rings is 1. The van der Waals surface area contributed by atoms with Gasteiger partial charge in [0.2, 0.25) is 0 Å². The van der Waals surface area contributed by atoms with Crippen molar-refractivity contribution in [3.8, 4) is 0 Å². The molecule has 0 atom stereocenters. The predicted molar refractivity (Wildman–Crippen MR) is 96.3 cm³/mol. The van der Waals surface area contributed by atoms with E-state index in [1.165, 1.54) is 17.4 Å². The summed E-state index contributed by atoms with van der Waals surface area (Å²) < 4.78 is 14.9. The monoisotopic (exact) mass is 358 g/mol. The summed E-state index contributed by atoms with van der Waals surface area (Å²) in [6.45, 7) is 5.15. The Hall–Kier alpha value is -2.09. The molecule has 0 aliphatic carbocycles. The molecule has 5 nitrogen and oxygen atoms in total. The lowest BCUT2D eigenvalue weighted by atomic mass is 10.2. The van der Waals surface area contributed by atoms with Crippen LogP contribution < -0.4 is 5.56 Å². The molecule has 3 heterocycles. The molecule has 0 bridgehead atoms. The molecule has 0 amide bonds. The zero-order chi connectivity index (χ0) is 17.2. The van der Waals surface area contributed by atoms with Gasteiger partial charge in [-0.05, 0) is 17.7 Å². The quantitative estimate of drug-likeness (QED) is 0.717. The number of hydrogen-bond acceptors (Lipinski definition) is 5. The number of fused-ring (bicyclic) bond motifs is 1. The number of benzene rings is 1. The summed E-state index contributed by atoms with van der Waals surface area (Å²) in [5.74, 6) is -0.183. The highest BCUT2D eigenvalue weighted by atomic mass is 32.1. The van der Waals surface area contributed by atoms with E-state index in [0.717, 1.165) is 48.9 Å². The Morgan fingerprint density at radius 1 is 1.08 bits per heavy atom. The maximum Gasteiger partial charge on any atom is 0.258 e. The first kappa shape index (κ1) is 16.4. The maximum atomic E-state index is 13.3.